The van der Waals surface area contributed by atoms with Crippen molar-refractivity contribution >= 4 is 17.7 Å². The van der Waals surface area contributed by atoms with Crippen molar-refractivity contribution in [2.24, 2.45) is 0 Å². The summed E-state index contributed by atoms with van der Waals surface area (Å²) in [5, 5.41) is 2.91. The van der Waals surface area contributed by atoms with Crippen molar-refractivity contribution in [3.63, 3.8) is 0 Å². The Morgan fingerprint density at radius 3 is 2.88 bits per heavy atom. The molecule has 3 nitrogen and oxygen atoms in total. The van der Waals surface area contributed by atoms with Crippen molar-refractivity contribution in [3.05, 3.63) is 29.8 Å². The van der Waals surface area contributed by atoms with Gasteiger partial charge in [-0.2, -0.15) is 11.8 Å². The van der Waals surface area contributed by atoms with Gasteiger partial charge in [-0.25, -0.2) is 0 Å². The first-order valence-corrected chi connectivity index (χ1v) is 7.05. The lowest BCUT2D eigenvalue weighted by Gasteiger charge is -2.08. The summed E-state index contributed by atoms with van der Waals surface area (Å²) in [5.74, 6) is 1.88. The Bertz CT molecular complexity index is 355. The van der Waals surface area contributed by atoms with Gasteiger partial charge in [0.2, 0.25) is 5.91 Å². The summed E-state index contributed by atoms with van der Waals surface area (Å²) >= 11 is 1.69. The summed E-state index contributed by atoms with van der Waals surface area (Å²) in [6.45, 7) is 0.660. The van der Waals surface area contributed by atoms with Crippen LogP contribution in [-0.4, -0.2) is 31.6 Å². The smallest absolute Gasteiger partial charge is 0.220 e. The Morgan fingerprint density at radius 1 is 1.41 bits per heavy atom. The van der Waals surface area contributed by atoms with Gasteiger partial charge in [0, 0.05) is 18.7 Å². The first kappa shape index (κ1) is 13.9. The van der Waals surface area contributed by atoms with Crippen LogP contribution in [0.3, 0.4) is 0 Å². The molecule has 0 aliphatic rings. The van der Waals surface area contributed by atoms with Gasteiger partial charge in [0.1, 0.15) is 5.75 Å². The molecule has 1 N–H and O–H groups in total. The number of rotatable bonds is 7. The molecule has 0 bridgehead atoms. The minimum atomic E-state index is 0.120. The first-order chi connectivity index (χ1) is 8.27. The minimum Gasteiger partial charge on any atom is -0.496 e. The highest BCUT2D eigenvalue weighted by Crippen LogP contribution is 2.17. The fraction of sp³-hybridized carbons (Fsp3) is 0.462. The number of ether oxygens (including phenoxy) is 1. The molecule has 17 heavy (non-hydrogen) atoms. The van der Waals surface area contributed by atoms with Gasteiger partial charge >= 0.3 is 0 Å². The van der Waals surface area contributed by atoms with Gasteiger partial charge in [-0.1, -0.05) is 18.2 Å². The zero-order valence-corrected chi connectivity index (χ0v) is 11.2. The highest BCUT2D eigenvalue weighted by molar-refractivity contribution is 7.98. The maximum atomic E-state index is 11.4. The van der Waals surface area contributed by atoms with E-state index >= 15 is 0 Å². The van der Waals surface area contributed by atoms with Gasteiger partial charge in [0.25, 0.3) is 0 Å². The van der Waals surface area contributed by atoms with Crippen LogP contribution in [0.5, 0.6) is 5.75 Å². The molecule has 0 atom stereocenters. The van der Waals surface area contributed by atoms with E-state index in [0.29, 0.717) is 13.0 Å². The van der Waals surface area contributed by atoms with Crippen LogP contribution in [0.15, 0.2) is 24.3 Å². The zero-order valence-electron chi connectivity index (χ0n) is 10.4. The normalized spacial score (nSPS) is 10.0. The van der Waals surface area contributed by atoms with Crippen molar-refractivity contribution in [1.29, 1.82) is 0 Å². The Labute approximate surface area is 107 Å². The molecule has 0 unspecified atom stereocenters. The molecule has 1 rings (SSSR count). The second kappa shape index (κ2) is 8.01. The van der Waals surface area contributed by atoms with Crippen LogP contribution in [0.1, 0.15) is 12.0 Å². The molecule has 0 aromatic heterocycles. The fourth-order valence-electron chi connectivity index (χ4n) is 1.53. The molecule has 4 heteroatoms. The molecule has 0 fully saturated rings. The number of hydrogen-bond donors (Lipinski definition) is 1. The van der Waals surface area contributed by atoms with Crippen LogP contribution in [0.25, 0.3) is 0 Å². The molecular weight excluding hydrogens is 234 g/mol. The second-order valence-electron chi connectivity index (χ2n) is 3.65. The van der Waals surface area contributed by atoms with Gasteiger partial charge in [0.15, 0.2) is 0 Å². The van der Waals surface area contributed by atoms with Gasteiger partial charge in [-0.3, -0.25) is 4.79 Å². The number of carbonyl (C=O) groups is 1. The standard InChI is InChI=1S/C13H19NO2S/c1-16-12-6-4-3-5-11(12)7-9-14-13(15)8-10-17-2/h3-6H,7-10H2,1-2H3,(H,14,15). The average Bonchev–Trinajstić information content (AvgIpc) is 2.37. The summed E-state index contributed by atoms with van der Waals surface area (Å²) in [5.41, 5.74) is 1.13. The quantitative estimate of drug-likeness (QED) is 0.809. The second-order valence-corrected chi connectivity index (χ2v) is 4.64. The number of benzene rings is 1. The molecule has 1 aromatic rings. The summed E-state index contributed by atoms with van der Waals surface area (Å²) in [7, 11) is 1.66. The number of carbonyl (C=O) groups excluding carboxylic acids is 1. The molecule has 1 amide bonds. The third-order valence-corrected chi connectivity index (χ3v) is 3.05. The van der Waals surface area contributed by atoms with Crippen molar-refractivity contribution in [1.82, 2.24) is 5.32 Å². The van der Waals surface area contributed by atoms with Crippen LogP contribution in [0.4, 0.5) is 0 Å². The third kappa shape index (κ3) is 5.13. The number of nitrogens with one attached hydrogen (secondary N) is 1. The van der Waals surface area contributed by atoms with E-state index in [1.807, 2.05) is 30.5 Å². The zero-order chi connectivity index (χ0) is 12.5. The Balaban J connectivity index is 2.33. The topological polar surface area (TPSA) is 38.3 Å². The van der Waals surface area contributed by atoms with Crippen LogP contribution in [-0.2, 0) is 11.2 Å². The van der Waals surface area contributed by atoms with Gasteiger partial charge in [0.05, 0.1) is 7.11 Å². The van der Waals surface area contributed by atoms with Crippen molar-refractivity contribution in [3.8, 4) is 5.75 Å². The molecule has 0 saturated heterocycles. The Morgan fingerprint density at radius 2 is 2.18 bits per heavy atom. The summed E-state index contributed by atoms with van der Waals surface area (Å²) in [4.78, 5) is 11.4. The number of amides is 1. The third-order valence-electron chi connectivity index (χ3n) is 2.44. The Kier molecular flexibility index (Phi) is 6.55. The van der Waals surface area contributed by atoms with E-state index in [2.05, 4.69) is 5.32 Å². The van der Waals surface area contributed by atoms with Gasteiger partial charge < -0.3 is 10.1 Å². The molecular formula is C13H19NO2S. The molecule has 0 saturated carbocycles. The highest BCUT2D eigenvalue weighted by atomic mass is 32.2. The van der Waals surface area contributed by atoms with E-state index < -0.39 is 0 Å². The van der Waals surface area contributed by atoms with Crippen LogP contribution in [0, 0.1) is 0 Å². The largest absolute Gasteiger partial charge is 0.496 e. The van der Waals surface area contributed by atoms with Crippen molar-refractivity contribution < 1.29 is 9.53 Å². The van der Waals surface area contributed by atoms with Crippen LogP contribution < -0.4 is 10.1 Å². The molecule has 0 heterocycles. The maximum Gasteiger partial charge on any atom is 0.220 e. The lowest BCUT2D eigenvalue weighted by Crippen LogP contribution is -2.25. The number of para-hydroxylation sites is 1. The first-order valence-electron chi connectivity index (χ1n) is 5.65. The van der Waals surface area contributed by atoms with Gasteiger partial charge in [-0.05, 0) is 24.3 Å². The summed E-state index contributed by atoms with van der Waals surface area (Å²) < 4.78 is 5.25. The lowest BCUT2D eigenvalue weighted by molar-refractivity contribution is -0.120. The molecule has 1 aromatic carbocycles. The van der Waals surface area contributed by atoms with E-state index in [1.54, 1.807) is 18.9 Å². The van der Waals surface area contributed by atoms with Crippen molar-refractivity contribution in [2.75, 3.05) is 25.7 Å². The molecule has 0 spiro atoms. The van der Waals surface area contributed by atoms with E-state index in [-0.39, 0.29) is 5.91 Å². The Hall–Kier alpha value is -1.16. The predicted molar refractivity (Wildman–Crippen MR) is 72.7 cm³/mol. The van der Waals surface area contributed by atoms with E-state index in [1.165, 1.54) is 0 Å². The van der Waals surface area contributed by atoms with E-state index in [4.69, 9.17) is 4.74 Å². The van der Waals surface area contributed by atoms with Crippen molar-refractivity contribution in [2.45, 2.75) is 12.8 Å². The average molecular weight is 253 g/mol. The number of thioether (sulfide) groups is 1. The molecule has 94 valence electrons. The van der Waals surface area contributed by atoms with Gasteiger partial charge in [-0.15, -0.1) is 0 Å². The number of hydrogen-bond acceptors (Lipinski definition) is 3. The maximum absolute atomic E-state index is 11.4. The molecule has 0 aliphatic heterocycles. The SMILES string of the molecule is COc1ccccc1CCNC(=O)CCSC. The van der Waals surface area contributed by atoms with E-state index in [0.717, 1.165) is 23.5 Å². The van der Waals surface area contributed by atoms with Crippen LogP contribution in [0.2, 0.25) is 0 Å². The summed E-state index contributed by atoms with van der Waals surface area (Å²) in [6, 6.07) is 7.88. The van der Waals surface area contributed by atoms with Crippen LogP contribution >= 0.6 is 11.8 Å². The molecule has 0 radical (unpaired) electrons. The predicted octanol–water partition coefficient (Wildman–Crippen LogP) is 2.11. The summed E-state index contributed by atoms with van der Waals surface area (Å²) in [6.07, 6.45) is 3.39. The lowest BCUT2D eigenvalue weighted by atomic mass is 10.1. The highest BCUT2D eigenvalue weighted by Gasteiger charge is 2.03. The van der Waals surface area contributed by atoms with E-state index in [9.17, 15) is 4.79 Å². The fourth-order valence-corrected chi connectivity index (χ4v) is 1.92. The number of methoxy groups -OCH3 is 1. The monoisotopic (exact) mass is 253 g/mol. The minimum absolute atomic E-state index is 0.120. The molecule has 0 aliphatic carbocycles.